The second kappa shape index (κ2) is 6.69. The summed E-state index contributed by atoms with van der Waals surface area (Å²) in [6.45, 7) is 1.21. The van der Waals surface area contributed by atoms with Gasteiger partial charge in [0.15, 0.2) is 0 Å². The van der Waals surface area contributed by atoms with E-state index >= 15 is 0 Å². The first-order chi connectivity index (χ1) is 8.88. The smallest absolute Gasteiger partial charge is 0.314 e. The van der Waals surface area contributed by atoms with E-state index in [9.17, 15) is 22.0 Å². The maximum Gasteiger partial charge on any atom is 0.408 e. The Morgan fingerprint density at radius 1 is 1.00 bits per heavy atom. The third-order valence-corrected chi connectivity index (χ3v) is 3.03. The van der Waals surface area contributed by atoms with Crippen molar-refractivity contribution in [3.63, 3.8) is 0 Å². The van der Waals surface area contributed by atoms with Crippen LogP contribution < -0.4 is 5.32 Å². The second-order valence-corrected chi connectivity index (χ2v) is 4.43. The fourth-order valence-corrected chi connectivity index (χ4v) is 2.28. The van der Waals surface area contributed by atoms with E-state index in [1.807, 2.05) is 0 Å². The molecule has 1 heterocycles. The summed E-state index contributed by atoms with van der Waals surface area (Å²) in [5, 5.41) is 2.94. The third kappa shape index (κ3) is 4.04. The van der Waals surface area contributed by atoms with Crippen molar-refractivity contribution >= 4 is 12.4 Å². The Hall–Kier alpha value is -0.920. The molecule has 2 rings (SSSR count). The van der Waals surface area contributed by atoms with E-state index < -0.39 is 29.4 Å². The molecule has 1 fully saturated rings. The SMILES string of the molecule is Cl.Fc1cc(F)cc([C@@H](N2CCNCC2)C(F)(F)F)c1. The van der Waals surface area contributed by atoms with E-state index in [4.69, 9.17) is 0 Å². The zero-order valence-corrected chi connectivity index (χ0v) is 11.2. The molecule has 1 aromatic carbocycles. The molecular formula is C12H14ClF5N2. The quantitative estimate of drug-likeness (QED) is 0.844. The highest BCUT2D eigenvalue weighted by Crippen LogP contribution is 2.38. The lowest BCUT2D eigenvalue weighted by atomic mass is 10.0. The number of piperazine rings is 1. The van der Waals surface area contributed by atoms with Crippen LogP contribution in [0.1, 0.15) is 11.6 Å². The summed E-state index contributed by atoms with van der Waals surface area (Å²) in [7, 11) is 0. The summed E-state index contributed by atoms with van der Waals surface area (Å²) < 4.78 is 65.7. The average Bonchev–Trinajstić information content (AvgIpc) is 2.27. The molecule has 1 aliphatic rings. The summed E-state index contributed by atoms with van der Waals surface area (Å²) in [5.74, 6) is -2.00. The van der Waals surface area contributed by atoms with Gasteiger partial charge in [-0.05, 0) is 17.7 Å². The van der Waals surface area contributed by atoms with Gasteiger partial charge in [0, 0.05) is 32.2 Å². The molecule has 2 nitrogen and oxygen atoms in total. The maximum absolute atomic E-state index is 13.1. The molecule has 0 aliphatic carbocycles. The first kappa shape index (κ1) is 17.1. The van der Waals surface area contributed by atoms with Crippen LogP contribution in [0.2, 0.25) is 0 Å². The standard InChI is InChI=1S/C12H13F5N2.ClH/c13-9-5-8(6-10(14)7-9)11(12(15,16)17)19-3-1-18-2-4-19;/h5-7,11,18H,1-4H2;1H/t11-;/m1./s1. The minimum absolute atomic E-state index is 0. The minimum atomic E-state index is -4.57. The van der Waals surface area contributed by atoms with Gasteiger partial charge in [-0.25, -0.2) is 8.78 Å². The minimum Gasteiger partial charge on any atom is -0.314 e. The molecule has 1 atom stereocenters. The van der Waals surface area contributed by atoms with Crippen LogP contribution in [0.5, 0.6) is 0 Å². The number of alkyl halides is 3. The molecule has 1 aromatic rings. The predicted octanol–water partition coefficient (Wildman–Crippen LogP) is 2.90. The van der Waals surface area contributed by atoms with Gasteiger partial charge in [-0.2, -0.15) is 13.2 Å². The molecule has 8 heteroatoms. The van der Waals surface area contributed by atoms with Gasteiger partial charge in [0.25, 0.3) is 0 Å². The average molecular weight is 317 g/mol. The van der Waals surface area contributed by atoms with Crippen molar-refractivity contribution in [2.24, 2.45) is 0 Å². The normalized spacial score (nSPS) is 18.4. The largest absolute Gasteiger partial charge is 0.408 e. The van der Waals surface area contributed by atoms with Crippen molar-refractivity contribution < 1.29 is 22.0 Å². The Kier molecular flexibility index (Phi) is 5.73. The molecule has 1 aliphatic heterocycles. The molecule has 0 amide bonds. The molecule has 0 radical (unpaired) electrons. The van der Waals surface area contributed by atoms with E-state index in [2.05, 4.69) is 5.32 Å². The number of halogens is 6. The van der Waals surface area contributed by atoms with Crippen LogP contribution in [-0.4, -0.2) is 37.3 Å². The van der Waals surface area contributed by atoms with Crippen molar-refractivity contribution in [3.8, 4) is 0 Å². The molecule has 0 saturated carbocycles. The first-order valence-electron chi connectivity index (χ1n) is 5.85. The van der Waals surface area contributed by atoms with Crippen LogP contribution in [0.3, 0.4) is 0 Å². The van der Waals surface area contributed by atoms with Crippen molar-refractivity contribution in [2.75, 3.05) is 26.2 Å². The summed E-state index contributed by atoms with van der Waals surface area (Å²) >= 11 is 0. The van der Waals surface area contributed by atoms with Crippen molar-refractivity contribution in [2.45, 2.75) is 12.2 Å². The van der Waals surface area contributed by atoms with Gasteiger partial charge in [-0.1, -0.05) is 0 Å². The third-order valence-electron chi connectivity index (χ3n) is 3.03. The zero-order valence-electron chi connectivity index (χ0n) is 10.4. The second-order valence-electron chi connectivity index (χ2n) is 4.43. The number of nitrogens with one attached hydrogen (secondary N) is 1. The number of rotatable bonds is 2. The topological polar surface area (TPSA) is 15.3 Å². The number of hydrogen-bond acceptors (Lipinski definition) is 2. The molecule has 1 saturated heterocycles. The molecular weight excluding hydrogens is 303 g/mol. The van der Waals surface area contributed by atoms with E-state index in [0.717, 1.165) is 12.1 Å². The molecule has 0 unspecified atom stereocenters. The van der Waals surface area contributed by atoms with Gasteiger partial charge >= 0.3 is 6.18 Å². The first-order valence-corrected chi connectivity index (χ1v) is 5.85. The Balaban J connectivity index is 0.00000200. The van der Waals surface area contributed by atoms with Gasteiger partial charge in [0.1, 0.15) is 17.7 Å². The van der Waals surface area contributed by atoms with Crippen LogP contribution in [-0.2, 0) is 0 Å². The Morgan fingerprint density at radius 2 is 1.50 bits per heavy atom. The van der Waals surface area contributed by atoms with Crippen LogP contribution in [0.4, 0.5) is 22.0 Å². The van der Waals surface area contributed by atoms with Crippen molar-refractivity contribution in [1.82, 2.24) is 10.2 Å². The van der Waals surface area contributed by atoms with Gasteiger partial charge in [0.2, 0.25) is 0 Å². The van der Waals surface area contributed by atoms with Crippen LogP contribution >= 0.6 is 12.4 Å². The highest BCUT2D eigenvalue weighted by Gasteiger charge is 2.45. The van der Waals surface area contributed by atoms with E-state index in [0.29, 0.717) is 19.2 Å². The van der Waals surface area contributed by atoms with E-state index in [1.54, 1.807) is 0 Å². The summed E-state index contributed by atoms with van der Waals surface area (Å²) in [5.41, 5.74) is -0.396. The fourth-order valence-electron chi connectivity index (χ4n) is 2.28. The zero-order chi connectivity index (χ0) is 14.0. The van der Waals surface area contributed by atoms with Crippen LogP contribution in [0, 0.1) is 11.6 Å². The fraction of sp³-hybridized carbons (Fsp3) is 0.500. The van der Waals surface area contributed by atoms with Gasteiger partial charge < -0.3 is 5.32 Å². The number of nitrogens with zero attached hydrogens (tertiary/aromatic N) is 1. The summed E-state index contributed by atoms with van der Waals surface area (Å²) in [6.07, 6.45) is -4.57. The van der Waals surface area contributed by atoms with Gasteiger partial charge in [-0.3, -0.25) is 4.90 Å². The lowest BCUT2D eigenvalue weighted by molar-refractivity contribution is -0.188. The molecule has 0 spiro atoms. The molecule has 0 aromatic heterocycles. The van der Waals surface area contributed by atoms with E-state index in [1.165, 1.54) is 4.90 Å². The Labute approximate surface area is 119 Å². The molecule has 1 N–H and O–H groups in total. The van der Waals surface area contributed by atoms with E-state index in [-0.39, 0.29) is 25.5 Å². The lowest BCUT2D eigenvalue weighted by Crippen LogP contribution is -2.49. The molecule has 114 valence electrons. The highest BCUT2D eigenvalue weighted by atomic mass is 35.5. The highest BCUT2D eigenvalue weighted by molar-refractivity contribution is 5.85. The Bertz CT molecular complexity index is 426. The number of hydrogen-bond donors (Lipinski definition) is 1. The van der Waals surface area contributed by atoms with Crippen LogP contribution in [0.25, 0.3) is 0 Å². The summed E-state index contributed by atoms with van der Waals surface area (Å²) in [6, 6.07) is 0.0705. The predicted molar refractivity (Wildman–Crippen MR) is 66.8 cm³/mol. The van der Waals surface area contributed by atoms with Crippen molar-refractivity contribution in [1.29, 1.82) is 0 Å². The summed E-state index contributed by atoms with van der Waals surface area (Å²) in [4.78, 5) is 1.19. The maximum atomic E-state index is 13.1. The van der Waals surface area contributed by atoms with Crippen LogP contribution in [0.15, 0.2) is 18.2 Å². The Morgan fingerprint density at radius 3 is 1.95 bits per heavy atom. The lowest BCUT2D eigenvalue weighted by Gasteiger charge is -2.36. The molecule has 20 heavy (non-hydrogen) atoms. The monoisotopic (exact) mass is 316 g/mol. The molecule has 0 bridgehead atoms. The number of benzene rings is 1. The van der Waals surface area contributed by atoms with Crippen molar-refractivity contribution in [3.05, 3.63) is 35.4 Å². The van der Waals surface area contributed by atoms with Gasteiger partial charge in [-0.15, -0.1) is 12.4 Å². The van der Waals surface area contributed by atoms with Gasteiger partial charge in [0.05, 0.1) is 0 Å².